The maximum Gasteiger partial charge on any atom is 0.219 e. The summed E-state index contributed by atoms with van der Waals surface area (Å²) in [5.41, 5.74) is 2.52. The van der Waals surface area contributed by atoms with Crippen molar-refractivity contribution < 1.29 is 4.74 Å². The molecule has 2 bridgehead atoms. The van der Waals surface area contributed by atoms with E-state index in [2.05, 4.69) is 46.6 Å². The van der Waals surface area contributed by atoms with Crippen LogP contribution in [0.5, 0.6) is 5.88 Å². The molecule has 1 spiro atoms. The third-order valence-corrected chi connectivity index (χ3v) is 5.87. The minimum Gasteiger partial charge on any atom is -0.469 e. The van der Waals surface area contributed by atoms with Crippen molar-refractivity contribution in [2.45, 2.75) is 31.4 Å². The number of benzene rings is 1. The van der Waals surface area contributed by atoms with E-state index in [-0.39, 0.29) is 5.60 Å². The molecule has 1 unspecified atom stereocenters. The zero-order valence-electron chi connectivity index (χ0n) is 13.9. The number of pyridine rings is 1. The van der Waals surface area contributed by atoms with Gasteiger partial charge in [-0.15, -0.1) is 0 Å². The van der Waals surface area contributed by atoms with E-state index in [0.29, 0.717) is 5.92 Å². The molecule has 1 aromatic heterocycles. The van der Waals surface area contributed by atoms with E-state index in [1.165, 1.54) is 37.1 Å². The quantitative estimate of drug-likeness (QED) is 0.943. The third-order valence-electron chi connectivity index (χ3n) is 5.87. The average molecular weight is 321 g/mol. The summed E-state index contributed by atoms with van der Waals surface area (Å²) >= 11 is 0. The van der Waals surface area contributed by atoms with Gasteiger partial charge in [-0.3, -0.25) is 4.90 Å². The highest BCUT2D eigenvalue weighted by Crippen LogP contribution is 2.46. The summed E-state index contributed by atoms with van der Waals surface area (Å²) in [6.45, 7) is 4.34. The summed E-state index contributed by atoms with van der Waals surface area (Å²) in [5, 5.41) is 3.41. The Hall–Kier alpha value is -2.07. The van der Waals surface area contributed by atoms with Crippen LogP contribution in [0.15, 0.2) is 42.5 Å². The minimum absolute atomic E-state index is 0.0100. The van der Waals surface area contributed by atoms with Crippen molar-refractivity contribution in [2.24, 2.45) is 5.92 Å². The molecule has 2 aromatic rings. The fourth-order valence-corrected chi connectivity index (χ4v) is 4.57. The number of hydrogen-bond donors (Lipinski definition) is 1. The maximum absolute atomic E-state index is 6.47. The lowest BCUT2D eigenvalue weighted by Crippen LogP contribution is -2.61. The highest BCUT2D eigenvalue weighted by molar-refractivity contribution is 5.45. The number of piperidine rings is 3. The van der Waals surface area contributed by atoms with Crippen molar-refractivity contribution in [3.05, 3.63) is 53.6 Å². The van der Waals surface area contributed by atoms with Gasteiger partial charge in [0.1, 0.15) is 11.4 Å². The predicted molar refractivity (Wildman–Crippen MR) is 94.2 cm³/mol. The van der Waals surface area contributed by atoms with E-state index in [1.54, 1.807) is 0 Å². The van der Waals surface area contributed by atoms with Gasteiger partial charge < -0.3 is 10.1 Å². The zero-order valence-corrected chi connectivity index (χ0v) is 13.9. The van der Waals surface area contributed by atoms with Gasteiger partial charge in [0.05, 0.1) is 0 Å². The molecule has 4 nitrogen and oxygen atoms in total. The van der Waals surface area contributed by atoms with Crippen LogP contribution in [0.4, 0.5) is 5.82 Å². The van der Waals surface area contributed by atoms with Gasteiger partial charge in [-0.2, -0.15) is 4.98 Å². The van der Waals surface area contributed by atoms with Crippen LogP contribution in [-0.4, -0.2) is 35.1 Å². The van der Waals surface area contributed by atoms with Crippen molar-refractivity contribution in [2.75, 3.05) is 25.0 Å². The fourth-order valence-electron chi connectivity index (χ4n) is 4.57. The minimum atomic E-state index is -0.0100. The Morgan fingerprint density at radius 2 is 1.96 bits per heavy atom. The van der Waals surface area contributed by atoms with Crippen LogP contribution >= 0.6 is 0 Å². The molecule has 4 aliphatic rings. The van der Waals surface area contributed by atoms with Gasteiger partial charge in [-0.25, -0.2) is 0 Å². The number of nitrogens with one attached hydrogen (secondary N) is 1. The van der Waals surface area contributed by atoms with Gasteiger partial charge in [0.2, 0.25) is 5.88 Å². The van der Waals surface area contributed by atoms with Gasteiger partial charge in [0, 0.05) is 31.0 Å². The Morgan fingerprint density at radius 3 is 2.71 bits per heavy atom. The van der Waals surface area contributed by atoms with Crippen molar-refractivity contribution in [1.82, 2.24) is 9.88 Å². The van der Waals surface area contributed by atoms with Crippen molar-refractivity contribution in [3.63, 3.8) is 0 Å². The first-order valence-corrected chi connectivity index (χ1v) is 9.00. The molecule has 0 amide bonds. The number of aromatic nitrogens is 1. The Bertz CT molecular complexity index is 740. The molecule has 24 heavy (non-hydrogen) atoms. The Balaban J connectivity index is 1.33. The summed E-state index contributed by atoms with van der Waals surface area (Å²) in [5.74, 6) is 2.44. The SMILES string of the molecule is c1ccc(CNc2ccc3c(n2)OC2(C3)CN3CCC2CC3)cc1. The summed E-state index contributed by atoms with van der Waals surface area (Å²) in [6, 6.07) is 14.7. The molecule has 3 saturated heterocycles. The number of anilines is 1. The molecule has 0 radical (unpaired) electrons. The van der Waals surface area contributed by atoms with E-state index >= 15 is 0 Å². The lowest BCUT2D eigenvalue weighted by Gasteiger charge is -2.50. The smallest absolute Gasteiger partial charge is 0.219 e. The molecule has 1 N–H and O–H groups in total. The molecule has 1 atom stereocenters. The molecule has 4 heteroatoms. The zero-order chi connectivity index (χ0) is 16.0. The largest absolute Gasteiger partial charge is 0.469 e. The molecule has 0 aliphatic carbocycles. The summed E-state index contributed by atoms with van der Waals surface area (Å²) in [4.78, 5) is 7.31. The normalized spacial score (nSPS) is 30.2. The second-order valence-corrected chi connectivity index (χ2v) is 7.39. The van der Waals surface area contributed by atoms with Crippen LogP contribution in [0.25, 0.3) is 0 Å². The van der Waals surface area contributed by atoms with Crippen LogP contribution in [0, 0.1) is 5.92 Å². The van der Waals surface area contributed by atoms with Gasteiger partial charge in [-0.05, 0) is 43.6 Å². The van der Waals surface area contributed by atoms with Crippen molar-refractivity contribution in [1.29, 1.82) is 0 Å². The van der Waals surface area contributed by atoms with Crippen LogP contribution in [-0.2, 0) is 13.0 Å². The van der Waals surface area contributed by atoms with E-state index < -0.39 is 0 Å². The number of nitrogens with zero attached hydrogens (tertiary/aromatic N) is 2. The molecule has 4 aliphatic heterocycles. The first-order chi connectivity index (χ1) is 11.8. The van der Waals surface area contributed by atoms with Crippen LogP contribution in [0.2, 0.25) is 0 Å². The molecule has 0 saturated carbocycles. The molecule has 3 fully saturated rings. The van der Waals surface area contributed by atoms with Crippen molar-refractivity contribution in [3.8, 4) is 5.88 Å². The summed E-state index contributed by atoms with van der Waals surface area (Å²) < 4.78 is 6.47. The molecular weight excluding hydrogens is 298 g/mol. The van der Waals surface area contributed by atoms with Gasteiger partial charge in [-0.1, -0.05) is 30.3 Å². The van der Waals surface area contributed by atoms with E-state index in [1.807, 2.05) is 6.07 Å². The lowest BCUT2D eigenvalue weighted by atomic mass is 9.73. The highest BCUT2D eigenvalue weighted by atomic mass is 16.5. The Kier molecular flexibility index (Phi) is 3.27. The standard InChI is InChI=1S/C20H23N3O/c1-2-4-15(5-3-1)13-21-18-7-6-16-12-20(24-19(16)22-18)14-23-10-8-17(20)9-11-23/h1-7,17H,8-14H2,(H,21,22). The molecule has 1 aromatic carbocycles. The molecular formula is C20H23N3O. The number of hydrogen-bond acceptors (Lipinski definition) is 4. The number of rotatable bonds is 3. The van der Waals surface area contributed by atoms with E-state index in [0.717, 1.165) is 31.2 Å². The topological polar surface area (TPSA) is 37.4 Å². The fraction of sp³-hybridized carbons (Fsp3) is 0.450. The Labute approximate surface area is 142 Å². The highest BCUT2D eigenvalue weighted by Gasteiger charge is 2.52. The van der Waals surface area contributed by atoms with Gasteiger partial charge in [0.25, 0.3) is 0 Å². The summed E-state index contributed by atoms with van der Waals surface area (Å²) in [6.07, 6.45) is 3.57. The monoisotopic (exact) mass is 321 g/mol. The second kappa shape index (κ2) is 5.49. The Morgan fingerprint density at radius 1 is 1.12 bits per heavy atom. The summed E-state index contributed by atoms with van der Waals surface area (Å²) in [7, 11) is 0. The first kappa shape index (κ1) is 14.3. The first-order valence-electron chi connectivity index (χ1n) is 9.00. The number of fused-ring (bicyclic) bond motifs is 3. The van der Waals surface area contributed by atoms with Crippen LogP contribution in [0.1, 0.15) is 24.0 Å². The lowest BCUT2D eigenvalue weighted by molar-refractivity contribution is -0.0813. The van der Waals surface area contributed by atoms with Crippen molar-refractivity contribution >= 4 is 5.82 Å². The van der Waals surface area contributed by atoms with E-state index in [9.17, 15) is 0 Å². The maximum atomic E-state index is 6.47. The molecule has 6 rings (SSSR count). The average Bonchev–Trinajstić information content (AvgIpc) is 2.98. The van der Waals surface area contributed by atoms with Gasteiger partial charge in [0.15, 0.2) is 0 Å². The molecule has 124 valence electrons. The van der Waals surface area contributed by atoms with Gasteiger partial charge >= 0.3 is 0 Å². The van der Waals surface area contributed by atoms with E-state index in [4.69, 9.17) is 9.72 Å². The molecule has 5 heterocycles. The third kappa shape index (κ3) is 2.37. The second-order valence-electron chi connectivity index (χ2n) is 7.39. The van der Waals surface area contributed by atoms with Crippen LogP contribution in [0.3, 0.4) is 0 Å². The predicted octanol–water partition coefficient (Wildman–Crippen LogP) is 3.09. The number of ether oxygens (including phenoxy) is 1. The van der Waals surface area contributed by atoms with Crippen LogP contribution < -0.4 is 10.1 Å².